The molecule has 0 aromatic heterocycles. The smallest absolute Gasteiger partial charge is 0.121 e. The number of methoxy groups -OCH3 is 2. The molecule has 0 unspecified atom stereocenters. The summed E-state index contributed by atoms with van der Waals surface area (Å²) in [6.07, 6.45) is 0. The van der Waals surface area contributed by atoms with Crippen molar-refractivity contribution in [3.63, 3.8) is 0 Å². The van der Waals surface area contributed by atoms with Gasteiger partial charge in [0.2, 0.25) is 0 Å². The third-order valence-corrected chi connectivity index (χ3v) is 5.77. The quantitative estimate of drug-likeness (QED) is 0.285. The number of ether oxygens (including phenoxy) is 2. The van der Waals surface area contributed by atoms with Gasteiger partial charge in [0.1, 0.15) is 34.3 Å². The van der Waals surface area contributed by atoms with Crippen LogP contribution in [-0.2, 0) is 0 Å². The van der Waals surface area contributed by atoms with Crippen LogP contribution in [-0.4, -0.2) is 14.2 Å². The SMILES string of the molecule is COc1ccc(C2=C(c3ccc(OC)cc3)N=NC(c3ccccc3)=C(c3ccccc3)N=N2)cc1. The van der Waals surface area contributed by atoms with Crippen LogP contribution in [0.5, 0.6) is 11.5 Å². The fraction of sp³-hybridized carbons (Fsp3) is 0.0667. The average molecular weight is 473 g/mol. The van der Waals surface area contributed by atoms with Gasteiger partial charge < -0.3 is 9.47 Å². The molecule has 0 fully saturated rings. The van der Waals surface area contributed by atoms with E-state index < -0.39 is 0 Å². The van der Waals surface area contributed by atoms with Crippen LogP contribution in [0.3, 0.4) is 0 Å². The Morgan fingerprint density at radius 3 is 0.917 bits per heavy atom. The number of hydrogen-bond donors (Lipinski definition) is 0. The molecule has 5 rings (SSSR count). The lowest BCUT2D eigenvalue weighted by Gasteiger charge is -2.14. The van der Waals surface area contributed by atoms with Gasteiger partial charge in [-0.2, -0.15) is 0 Å². The van der Waals surface area contributed by atoms with E-state index in [1.807, 2.05) is 109 Å². The molecule has 1 aliphatic heterocycles. The molecule has 6 heteroatoms. The van der Waals surface area contributed by atoms with Gasteiger partial charge in [0.15, 0.2) is 0 Å². The fourth-order valence-electron chi connectivity index (χ4n) is 3.86. The van der Waals surface area contributed by atoms with Gasteiger partial charge in [0.25, 0.3) is 0 Å². The number of benzene rings is 4. The summed E-state index contributed by atoms with van der Waals surface area (Å²) in [4.78, 5) is 0. The van der Waals surface area contributed by atoms with Crippen molar-refractivity contribution in [2.75, 3.05) is 14.2 Å². The minimum Gasteiger partial charge on any atom is -0.497 e. The highest BCUT2D eigenvalue weighted by atomic mass is 16.5. The van der Waals surface area contributed by atoms with Gasteiger partial charge >= 0.3 is 0 Å². The van der Waals surface area contributed by atoms with E-state index in [2.05, 4.69) is 0 Å². The first-order valence-electron chi connectivity index (χ1n) is 11.5. The molecule has 0 saturated carbocycles. The van der Waals surface area contributed by atoms with Gasteiger partial charge in [-0.05, 0) is 48.5 Å². The third-order valence-electron chi connectivity index (χ3n) is 5.77. The molecule has 0 aliphatic carbocycles. The summed E-state index contributed by atoms with van der Waals surface area (Å²) in [7, 11) is 3.28. The molecule has 1 aliphatic rings. The van der Waals surface area contributed by atoms with Crippen molar-refractivity contribution in [1.29, 1.82) is 0 Å². The highest BCUT2D eigenvalue weighted by Gasteiger charge is 2.18. The van der Waals surface area contributed by atoms with Crippen molar-refractivity contribution < 1.29 is 9.47 Å². The third kappa shape index (κ3) is 4.83. The van der Waals surface area contributed by atoms with Gasteiger partial charge in [-0.15, -0.1) is 20.5 Å². The molecular formula is C30H24N4O2. The normalized spacial score (nSPS) is 13.4. The van der Waals surface area contributed by atoms with E-state index in [0.717, 1.165) is 33.8 Å². The lowest BCUT2D eigenvalue weighted by Crippen LogP contribution is -1.95. The zero-order chi connectivity index (χ0) is 24.7. The second-order valence-corrected chi connectivity index (χ2v) is 7.98. The Kier molecular flexibility index (Phi) is 6.76. The lowest BCUT2D eigenvalue weighted by atomic mass is 10.0. The summed E-state index contributed by atoms with van der Waals surface area (Å²) in [5, 5.41) is 19.0. The van der Waals surface area contributed by atoms with Gasteiger partial charge in [-0.3, -0.25) is 0 Å². The van der Waals surface area contributed by atoms with Crippen molar-refractivity contribution in [3.05, 3.63) is 131 Å². The molecule has 176 valence electrons. The summed E-state index contributed by atoms with van der Waals surface area (Å²) in [5.74, 6) is 1.51. The van der Waals surface area contributed by atoms with Gasteiger partial charge in [0, 0.05) is 22.3 Å². The first kappa shape index (κ1) is 22.9. The van der Waals surface area contributed by atoms with Crippen LogP contribution in [0, 0.1) is 0 Å². The molecule has 0 N–H and O–H groups in total. The molecule has 0 bridgehead atoms. The molecule has 36 heavy (non-hydrogen) atoms. The summed E-state index contributed by atoms with van der Waals surface area (Å²) in [6.45, 7) is 0. The van der Waals surface area contributed by atoms with Crippen molar-refractivity contribution in [2.24, 2.45) is 20.5 Å². The molecule has 0 radical (unpaired) electrons. The highest BCUT2D eigenvalue weighted by molar-refractivity contribution is 5.94. The Hall–Kier alpha value is -4.84. The van der Waals surface area contributed by atoms with E-state index in [4.69, 9.17) is 29.9 Å². The van der Waals surface area contributed by atoms with E-state index in [0.29, 0.717) is 22.8 Å². The topological polar surface area (TPSA) is 67.9 Å². The maximum Gasteiger partial charge on any atom is 0.121 e. The number of nitrogens with zero attached hydrogens (tertiary/aromatic N) is 4. The summed E-state index contributed by atoms with van der Waals surface area (Å²) in [6, 6.07) is 35.1. The van der Waals surface area contributed by atoms with Gasteiger partial charge in [0.05, 0.1) is 14.2 Å². The Balaban J connectivity index is 1.73. The molecule has 0 spiro atoms. The Bertz CT molecular complexity index is 1340. The van der Waals surface area contributed by atoms with Crippen LogP contribution in [0.2, 0.25) is 0 Å². The number of rotatable bonds is 6. The van der Waals surface area contributed by atoms with Crippen molar-refractivity contribution in [1.82, 2.24) is 0 Å². The number of hydrogen-bond acceptors (Lipinski definition) is 6. The Morgan fingerprint density at radius 1 is 0.361 bits per heavy atom. The van der Waals surface area contributed by atoms with Crippen LogP contribution >= 0.6 is 0 Å². The molecule has 1 heterocycles. The van der Waals surface area contributed by atoms with E-state index in [-0.39, 0.29) is 0 Å². The Labute approximate surface area is 210 Å². The molecular weight excluding hydrogens is 448 g/mol. The van der Waals surface area contributed by atoms with Crippen LogP contribution in [0.4, 0.5) is 0 Å². The van der Waals surface area contributed by atoms with E-state index in [1.165, 1.54) is 0 Å². The van der Waals surface area contributed by atoms with E-state index in [9.17, 15) is 0 Å². The first-order chi connectivity index (χ1) is 17.8. The predicted octanol–water partition coefficient (Wildman–Crippen LogP) is 7.97. The van der Waals surface area contributed by atoms with Crippen LogP contribution < -0.4 is 9.47 Å². The van der Waals surface area contributed by atoms with Crippen molar-refractivity contribution >= 4 is 22.8 Å². The summed E-state index contributed by atoms with van der Waals surface area (Å²) >= 11 is 0. The molecule has 0 atom stereocenters. The average Bonchev–Trinajstić information content (AvgIpc) is 2.94. The fourth-order valence-corrected chi connectivity index (χ4v) is 3.86. The first-order valence-corrected chi connectivity index (χ1v) is 11.5. The van der Waals surface area contributed by atoms with Gasteiger partial charge in [-0.25, -0.2) is 0 Å². The molecule has 4 aromatic carbocycles. The predicted molar refractivity (Wildman–Crippen MR) is 142 cm³/mol. The van der Waals surface area contributed by atoms with Crippen molar-refractivity contribution in [2.45, 2.75) is 0 Å². The lowest BCUT2D eigenvalue weighted by molar-refractivity contribution is 0.414. The minimum absolute atomic E-state index is 0.604. The highest BCUT2D eigenvalue weighted by Crippen LogP contribution is 2.37. The molecule has 0 saturated heterocycles. The maximum atomic E-state index is 5.34. The molecule has 0 amide bonds. The van der Waals surface area contributed by atoms with E-state index >= 15 is 0 Å². The second-order valence-electron chi connectivity index (χ2n) is 7.98. The standard InChI is InChI=1S/C30H24N4O2/c1-35-25-17-13-23(14-18-25)29-30(24-15-19-26(36-2)20-16-24)34-32-28(22-11-7-4-8-12-22)27(31-33-29)21-9-5-3-6-10-21/h3-20H,1-2H3. The van der Waals surface area contributed by atoms with Crippen LogP contribution in [0.25, 0.3) is 22.8 Å². The molecule has 4 aromatic rings. The summed E-state index contributed by atoms with van der Waals surface area (Å²) < 4.78 is 10.7. The zero-order valence-corrected chi connectivity index (χ0v) is 20.0. The summed E-state index contributed by atoms with van der Waals surface area (Å²) in [5.41, 5.74) is 6.00. The van der Waals surface area contributed by atoms with E-state index in [1.54, 1.807) is 14.2 Å². The van der Waals surface area contributed by atoms with Gasteiger partial charge in [-0.1, -0.05) is 60.7 Å². The largest absolute Gasteiger partial charge is 0.497 e. The molecule has 6 nitrogen and oxygen atoms in total. The minimum atomic E-state index is 0.604. The monoisotopic (exact) mass is 472 g/mol. The second kappa shape index (κ2) is 10.6. The van der Waals surface area contributed by atoms with Crippen molar-refractivity contribution in [3.8, 4) is 11.5 Å². The van der Waals surface area contributed by atoms with Crippen LogP contribution in [0.1, 0.15) is 22.3 Å². The maximum absolute atomic E-state index is 5.34. The Morgan fingerprint density at radius 2 is 0.639 bits per heavy atom. The zero-order valence-electron chi connectivity index (χ0n) is 20.0. The number of azo groups is 2. The van der Waals surface area contributed by atoms with Crippen LogP contribution in [0.15, 0.2) is 130 Å².